The summed E-state index contributed by atoms with van der Waals surface area (Å²) in [6, 6.07) is 0. The molecule has 1 aliphatic rings. The number of aliphatic hydroxyl groups excluding tert-OH is 3. The normalized spacial score (nSPS) is 33.0. The van der Waals surface area contributed by atoms with Gasteiger partial charge in [-0.05, 0) is 39.5 Å². The highest BCUT2D eigenvalue weighted by Crippen LogP contribution is 2.42. The van der Waals surface area contributed by atoms with Crippen molar-refractivity contribution in [3.8, 4) is 0 Å². The van der Waals surface area contributed by atoms with Gasteiger partial charge >= 0.3 is 0 Å². The van der Waals surface area contributed by atoms with E-state index in [2.05, 4.69) is 0 Å². The van der Waals surface area contributed by atoms with Gasteiger partial charge in [-0.15, -0.1) is 0 Å². The van der Waals surface area contributed by atoms with Gasteiger partial charge in [0.2, 0.25) is 0 Å². The van der Waals surface area contributed by atoms with E-state index < -0.39 is 0 Å². The van der Waals surface area contributed by atoms with Crippen LogP contribution in [0.1, 0.15) is 46.5 Å². The zero-order chi connectivity index (χ0) is 12.3. The maximum absolute atomic E-state index is 9.75. The Kier molecular flexibility index (Phi) is 4.53. The van der Waals surface area contributed by atoms with Gasteiger partial charge in [0.05, 0.1) is 18.8 Å². The lowest BCUT2D eigenvalue weighted by atomic mass is 9.69. The maximum Gasteiger partial charge on any atom is 0.0586 e. The molecule has 3 N–H and O–H groups in total. The molecule has 0 saturated carbocycles. The second-order valence-electron chi connectivity index (χ2n) is 5.43. The summed E-state index contributed by atoms with van der Waals surface area (Å²) in [6.07, 6.45) is 2.20. The number of hydrogen-bond acceptors (Lipinski definition) is 3. The zero-order valence-electron chi connectivity index (χ0n) is 10.5. The molecule has 3 atom stereocenters. The van der Waals surface area contributed by atoms with E-state index in [4.69, 9.17) is 0 Å². The molecule has 3 heteroatoms. The smallest absolute Gasteiger partial charge is 0.0586 e. The Labute approximate surface area is 97.8 Å². The summed E-state index contributed by atoms with van der Waals surface area (Å²) in [5.74, 6) is 0. The number of rotatable bonds is 4. The Balaban J connectivity index is 2.85. The van der Waals surface area contributed by atoms with Crippen LogP contribution < -0.4 is 0 Å². The minimum atomic E-state index is -0.340. The van der Waals surface area contributed by atoms with Crippen LogP contribution in [0.5, 0.6) is 0 Å². The third kappa shape index (κ3) is 3.06. The van der Waals surface area contributed by atoms with E-state index in [1.165, 1.54) is 11.1 Å². The molecule has 16 heavy (non-hydrogen) atoms. The topological polar surface area (TPSA) is 60.7 Å². The van der Waals surface area contributed by atoms with Crippen molar-refractivity contribution in [3.05, 3.63) is 11.1 Å². The largest absolute Gasteiger partial charge is 0.395 e. The van der Waals surface area contributed by atoms with E-state index in [0.717, 1.165) is 12.8 Å². The molecule has 0 aromatic rings. The van der Waals surface area contributed by atoms with Crippen LogP contribution in [0.25, 0.3) is 0 Å². The van der Waals surface area contributed by atoms with Crippen LogP contribution in [0.15, 0.2) is 11.1 Å². The predicted molar refractivity (Wildman–Crippen MR) is 64.0 cm³/mol. The van der Waals surface area contributed by atoms with Crippen LogP contribution in [0, 0.1) is 5.41 Å². The molecule has 0 fully saturated rings. The van der Waals surface area contributed by atoms with E-state index >= 15 is 0 Å². The van der Waals surface area contributed by atoms with Crippen LogP contribution in [0.2, 0.25) is 0 Å². The summed E-state index contributed by atoms with van der Waals surface area (Å²) in [7, 11) is 0. The van der Waals surface area contributed by atoms with Crippen molar-refractivity contribution in [3.63, 3.8) is 0 Å². The summed E-state index contributed by atoms with van der Waals surface area (Å²) < 4.78 is 0. The van der Waals surface area contributed by atoms with Gasteiger partial charge in [-0.3, -0.25) is 0 Å². The molecule has 0 amide bonds. The van der Waals surface area contributed by atoms with Gasteiger partial charge in [-0.2, -0.15) is 0 Å². The second-order valence-corrected chi connectivity index (χ2v) is 5.43. The summed E-state index contributed by atoms with van der Waals surface area (Å²) in [4.78, 5) is 0. The second kappa shape index (κ2) is 5.30. The first kappa shape index (κ1) is 13.7. The Bertz CT molecular complexity index is 270. The van der Waals surface area contributed by atoms with Crippen LogP contribution in [-0.2, 0) is 0 Å². The lowest BCUT2D eigenvalue weighted by Gasteiger charge is -2.39. The van der Waals surface area contributed by atoms with Crippen molar-refractivity contribution in [2.24, 2.45) is 5.41 Å². The third-order valence-electron chi connectivity index (χ3n) is 3.63. The SMILES string of the molecule is CC1=C(CCC(C)O)[C@@](C)(CO)C[C@H](O)C1. The van der Waals surface area contributed by atoms with Crippen molar-refractivity contribution in [2.45, 2.75) is 58.7 Å². The Morgan fingerprint density at radius 2 is 2.12 bits per heavy atom. The van der Waals surface area contributed by atoms with Gasteiger partial charge in [-0.1, -0.05) is 18.1 Å². The molecular weight excluding hydrogens is 204 g/mol. The molecule has 1 unspecified atom stereocenters. The average molecular weight is 228 g/mol. The number of aliphatic hydroxyl groups is 3. The van der Waals surface area contributed by atoms with Crippen molar-refractivity contribution in [2.75, 3.05) is 6.61 Å². The first-order valence-electron chi connectivity index (χ1n) is 6.05. The fraction of sp³-hybridized carbons (Fsp3) is 0.846. The highest BCUT2D eigenvalue weighted by atomic mass is 16.3. The minimum Gasteiger partial charge on any atom is -0.395 e. The van der Waals surface area contributed by atoms with Gasteiger partial charge in [0.15, 0.2) is 0 Å². The lowest BCUT2D eigenvalue weighted by Crippen LogP contribution is -2.34. The van der Waals surface area contributed by atoms with Gasteiger partial charge in [0.25, 0.3) is 0 Å². The Morgan fingerprint density at radius 3 is 2.62 bits per heavy atom. The molecular formula is C13H24O3. The van der Waals surface area contributed by atoms with Crippen LogP contribution >= 0.6 is 0 Å². The molecule has 0 spiro atoms. The van der Waals surface area contributed by atoms with Crippen LogP contribution in [0.4, 0.5) is 0 Å². The minimum absolute atomic E-state index is 0.0660. The van der Waals surface area contributed by atoms with E-state index in [0.29, 0.717) is 12.8 Å². The molecule has 0 heterocycles. The van der Waals surface area contributed by atoms with Crippen molar-refractivity contribution in [1.82, 2.24) is 0 Å². The molecule has 0 aliphatic heterocycles. The predicted octanol–water partition coefficient (Wildman–Crippen LogP) is 1.62. The molecule has 0 bridgehead atoms. The molecule has 1 aliphatic carbocycles. The third-order valence-corrected chi connectivity index (χ3v) is 3.63. The fourth-order valence-electron chi connectivity index (χ4n) is 2.74. The van der Waals surface area contributed by atoms with E-state index in [1.54, 1.807) is 6.92 Å². The summed E-state index contributed by atoms with van der Waals surface area (Å²) in [5, 5.41) is 28.6. The molecule has 0 aromatic carbocycles. The van der Waals surface area contributed by atoms with Crippen LogP contribution in [0.3, 0.4) is 0 Å². The Hall–Kier alpha value is -0.380. The molecule has 94 valence electrons. The van der Waals surface area contributed by atoms with Crippen LogP contribution in [-0.4, -0.2) is 34.1 Å². The zero-order valence-corrected chi connectivity index (χ0v) is 10.5. The van der Waals surface area contributed by atoms with Gasteiger partial charge in [0.1, 0.15) is 0 Å². The number of hydrogen-bond donors (Lipinski definition) is 3. The first-order chi connectivity index (χ1) is 7.39. The molecule has 1 rings (SSSR count). The Morgan fingerprint density at radius 1 is 1.50 bits per heavy atom. The highest BCUT2D eigenvalue weighted by molar-refractivity contribution is 5.25. The van der Waals surface area contributed by atoms with E-state index in [1.807, 2.05) is 13.8 Å². The quantitative estimate of drug-likeness (QED) is 0.641. The molecule has 0 aromatic heterocycles. The van der Waals surface area contributed by atoms with Crippen molar-refractivity contribution >= 4 is 0 Å². The van der Waals surface area contributed by atoms with Gasteiger partial charge < -0.3 is 15.3 Å². The fourth-order valence-corrected chi connectivity index (χ4v) is 2.74. The highest BCUT2D eigenvalue weighted by Gasteiger charge is 2.35. The summed E-state index contributed by atoms with van der Waals surface area (Å²) in [6.45, 7) is 5.87. The first-order valence-corrected chi connectivity index (χ1v) is 6.05. The van der Waals surface area contributed by atoms with E-state index in [-0.39, 0.29) is 24.2 Å². The standard InChI is InChI=1S/C13H24O3/c1-9-6-11(16)7-13(3,8-14)12(9)5-4-10(2)15/h10-11,14-16H,4-8H2,1-3H3/t10?,11-,13-/m1/s1. The van der Waals surface area contributed by atoms with Crippen molar-refractivity contribution in [1.29, 1.82) is 0 Å². The van der Waals surface area contributed by atoms with Gasteiger partial charge in [-0.25, -0.2) is 0 Å². The average Bonchev–Trinajstić information content (AvgIpc) is 2.15. The van der Waals surface area contributed by atoms with Gasteiger partial charge in [0, 0.05) is 5.41 Å². The van der Waals surface area contributed by atoms with Crippen molar-refractivity contribution < 1.29 is 15.3 Å². The molecule has 0 radical (unpaired) electrons. The molecule has 0 saturated heterocycles. The summed E-state index contributed by atoms with van der Waals surface area (Å²) in [5.41, 5.74) is 2.09. The molecule has 3 nitrogen and oxygen atoms in total. The summed E-state index contributed by atoms with van der Waals surface area (Å²) >= 11 is 0. The van der Waals surface area contributed by atoms with E-state index in [9.17, 15) is 15.3 Å². The lowest BCUT2D eigenvalue weighted by molar-refractivity contribution is 0.0660. The monoisotopic (exact) mass is 228 g/mol. The maximum atomic E-state index is 9.75.